The number of nitrogens with one attached hydrogen (secondary N) is 1. The van der Waals surface area contributed by atoms with Gasteiger partial charge in [-0.3, -0.25) is 9.59 Å². The van der Waals surface area contributed by atoms with Crippen molar-refractivity contribution in [3.8, 4) is 5.69 Å². The molecule has 4 rings (SSSR count). The van der Waals surface area contributed by atoms with E-state index < -0.39 is 0 Å². The predicted octanol–water partition coefficient (Wildman–Crippen LogP) is 2.77. The highest BCUT2D eigenvalue weighted by Crippen LogP contribution is 2.17. The molecule has 1 aliphatic rings. The van der Waals surface area contributed by atoms with Crippen LogP contribution in [0.4, 0.5) is 5.69 Å². The maximum Gasteiger partial charge on any atom is 0.277 e. The highest BCUT2D eigenvalue weighted by molar-refractivity contribution is 6.03. The van der Waals surface area contributed by atoms with E-state index >= 15 is 0 Å². The smallest absolute Gasteiger partial charge is 0.277 e. The van der Waals surface area contributed by atoms with Gasteiger partial charge in [-0.1, -0.05) is 23.4 Å². The lowest BCUT2D eigenvalue weighted by Crippen LogP contribution is -2.48. The summed E-state index contributed by atoms with van der Waals surface area (Å²) < 4.78 is 7.23. The van der Waals surface area contributed by atoms with Gasteiger partial charge in [0.1, 0.15) is 0 Å². The number of nitrogens with zero attached hydrogens (tertiary/aromatic N) is 4. The van der Waals surface area contributed by atoms with Crippen molar-refractivity contribution < 1.29 is 14.3 Å². The topological polar surface area (TPSA) is 89.4 Å². The van der Waals surface area contributed by atoms with Crippen LogP contribution in [0.1, 0.15) is 34.7 Å². The number of hydrogen-bond donors (Lipinski definition) is 1. The Labute approximate surface area is 174 Å². The Kier molecular flexibility index (Phi) is 5.58. The molecule has 3 aromatic rings. The average Bonchev–Trinajstić information content (AvgIpc) is 3.24. The third-order valence-electron chi connectivity index (χ3n) is 4.84. The summed E-state index contributed by atoms with van der Waals surface area (Å²) in [4.78, 5) is 27.0. The van der Waals surface area contributed by atoms with Crippen LogP contribution in [0.25, 0.3) is 5.69 Å². The van der Waals surface area contributed by atoms with Gasteiger partial charge in [0.05, 0.1) is 24.1 Å². The van der Waals surface area contributed by atoms with Crippen molar-refractivity contribution in [1.82, 2.24) is 19.9 Å². The predicted molar refractivity (Wildman–Crippen MR) is 112 cm³/mol. The van der Waals surface area contributed by atoms with E-state index in [0.29, 0.717) is 24.3 Å². The van der Waals surface area contributed by atoms with Crippen LogP contribution in [0, 0.1) is 0 Å². The van der Waals surface area contributed by atoms with E-state index in [-0.39, 0.29) is 29.7 Å². The van der Waals surface area contributed by atoms with Crippen molar-refractivity contribution in [3.05, 3.63) is 72.1 Å². The summed E-state index contributed by atoms with van der Waals surface area (Å²) in [5.41, 5.74) is 2.17. The maximum absolute atomic E-state index is 12.7. The minimum atomic E-state index is -0.368. The molecule has 8 nitrogen and oxygen atoms in total. The van der Waals surface area contributed by atoms with Crippen LogP contribution in [-0.2, 0) is 4.74 Å². The Morgan fingerprint density at radius 3 is 2.33 bits per heavy atom. The second-order valence-electron chi connectivity index (χ2n) is 7.38. The molecule has 1 aromatic heterocycles. The lowest BCUT2D eigenvalue weighted by atomic mass is 10.1. The number of ether oxygens (including phenoxy) is 1. The molecule has 2 amide bonds. The highest BCUT2D eigenvalue weighted by Gasteiger charge is 2.26. The first kappa shape index (κ1) is 19.8. The van der Waals surface area contributed by atoms with Crippen LogP contribution in [0.2, 0.25) is 0 Å². The summed E-state index contributed by atoms with van der Waals surface area (Å²) in [6.45, 7) is 5.06. The summed E-state index contributed by atoms with van der Waals surface area (Å²) in [5.74, 6) is -0.409. The Hall–Kier alpha value is -3.52. The first-order chi connectivity index (χ1) is 14.5. The molecule has 2 aromatic carbocycles. The second kappa shape index (κ2) is 8.46. The minimum Gasteiger partial charge on any atom is -0.372 e. The van der Waals surface area contributed by atoms with Gasteiger partial charge in [-0.05, 0) is 50.2 Å². The van der Waals surface area contributed by atoms with E-state index in [1.807, 2.05) is 44.2 Å². The number of aromatic nitrogens is 3. The third kappa shape index (κ3) is 4.38. The first-order valence-corrected chi connectivity index (χ1v) is 9.83. The zero-order chi connectivity index (χ0) is 21.1. The van der Waals surface area contributed by atoms with Crippen molar-refractivity contribution in [2.24, 2.45) is 0 Å². The highest BCUT2D eigenvalue weighted by atomic mass is 16.5. The monoisotopic (exact) mass is 405 g/mol. The van der Waals surface area contributed by atoms with Crippen molar-refractivity contribution in [2.45, 2.75) is 26.1 Å². The third-order valence-corrected chi connectivity index (χ3v) is 4.84. The molecular formula is C22H23N5O3. The van der Waals surface area contributed by atoms with Gasteiger partial charge in [-0.25, -0.2) is 4.68 Å². The Morgan fingerprint density at radius 2 is 1.67 bits per heavy atom. The number of carbonyl (C=O) groups is 2. The lowest BCUT2D eigenvalue weighted by molar-refractivity contribution is -0.0586. The molecule has 2 atom stereocenters. The fraction of sp³-hybridized carbons (Fsp3) is 0.273. The fourth-order valence-corrected chi connectivity index (χ4v) is 3.49. The molecule has 0 bridgehead atoms. The van der Waals surface area contributed by atoms with Gasteiger partial charge in [0.25, 0.3) is 11.8 Å². The van der Waals surface area contributed by atoms with Crippen LogP contribution in [0.15, 0.2) is 60.8 Å². The lowest BCUT2D eigenvalue weighted by Gasteiger charge is -2.35. The van der Waals surface area contributed by atoms with Crippen molar-refractivity contribution in [3.63, 3.8) is 0 Å². The fourth-order valence-electron chi connectivity index (χ4n) is 3.49. The molecule has 1 saturated heterocycles. The van der Waals surface area contributed by atoms with E-state index in [1.165, 1.54) is 0 Å². The van der Waals surface area contributed by atoms with Crippen LogP contribution in [0.5, 0.6) is 0 Å². The minimum absolute atomic E-state index is 0.0144. The summed E-state index contributed by atoms with van der Waals surface area (Å²) >= 11 is 0. The van der Waals surface area contributed by atoms with E-state index in [2.05, 4.69) is 15.6 Å². The maximum atomic E-state index is 12.7. The van der Waals surface area contributed by atoms with Crippen LogP contribution >= 0.6 is 0 Å². The molecule has 0 aliphatic carbocycles. The van der Waals surface area contributed by atoms with Gasteiger partial charge < -0.3 is 15.0 Å². The standard InChI is InChI=1S/C22H23N5O3/c1-15-12-26(13-16(2)30-15)22(29)17-8-10-18(11-9-17)23-21(28)20-14-27(25-24-20)19-6-4-3-5-7-19/h3-11,14-16H,12-13H2,1-2H3,(H,23,28)/t15-,16-/m0/s1. The van der Waals surface area contributed by atoms with E-state index in [0.717, 1.165) is 5.69 Å². The Morgan fingerprint density at radius 1 is 1.00 bits per heavy atom. The number of para-hydroxylation sites is 1. The van der Waals surface area contributed by atoms with Crippen LogP contribution in [-0.4, -0.2) is 57.0 Å². The van der Waals surface area contributed by atoms with E-state index in [9.17, 15) is 9.59 Å². The molecule has 8 heteroatoms. The molecule has 2 heterocycles. The summed E-state index contributed by atoms with van der Waals surface area (Å²) in [5, 5.41) is 10.7. The van der Waals surface area contributed by atoms with Gasteiger partial charge in [0.15, 0.2) is 5.69 Å². The molecule has 0 spiro atoms. The van der Waals surface area contributed by atoms with Gasteiger partial charge in [-0.15, -0.1) is 5.10 Å². The molecule has 0 unspecified atom stereocenters. The zero-order valence-electron chi connectivity index (χ0n) is 16.9. The summed E-state index contributed by atoms with van der Waals surface area (Å²) in [7, 11) is 0. The molecule has 0 saturated carbocycles. The molecule has 30 heavy (non-hydrogen) atoms. The van der Waals surface area contributed by atoms with E-state index in [1.54, 1.807) is 40.0 Å². The average molecular weight is 405 g/mol. The second-order valence-corrected chi connectivity index (χ2v) is 7.38. The zero-order valence-corrected chi connectivity index (χ0v) is 16.9. The summed E-state index contributed by atoms with van der Waals surface area (Å²) in [6.07, 6.45) is 1.60. The van der Waals surface area contributed by atoms with Gasteiger partial charge >= 0.3 is 0 Å². The molecular weight excluding hydrogens is 382 g/mol. The van der Waals surface area contributed by atoms with Crippen molar-refractivity contribution in [1.29, 1.82) is 0 Å². The number of benzene rings is 2. The normalized spacial score (nSPS) is 18.8. The molecule has 1 N–H and O–H groups in total. The van der Waals surface area contributed by atoms with Crippen LogP contribution in [0.3, 0.4) is 0 Å². The SMILES string of the molecule is C[C@H]1CN(C(=O)c2ccc(NC(=O)c3cn(-c4ccccc4)nn3)cc2)C[C@H](C)O1. The number of rotatable bonds is 4. The first-order valence-electron chi connectivity index (χ1n) is 9.83. The number of anilines is 1. The van der Waals surface area contributed by atoms with Crippen LogP contribution < -0.4 is 5.32 Å². The number of amides is 2. The quantitative estimate of drug-likeness (QED) is 0.721. The summed E-state index contributed by atoms with van der Waals surface area (Å²) in [6, 6.07) is 16.3. The van der Waals surface area contributed by atoms with Crippen molar-refractivity contribution >= 4 is 17.5 Å². The number of carbonyl (C=O) groups excluding carboxylic acids is 2. The molecule has 1 fully saturated rings. The molecule has 1 aliphatic heterocycles. The molecule has 0 radical (unpaired) electrons. The Bertz CT molecular complexity index is 1020. The molecule has 154 valence electrons. The van der Waals surface area contributed by atoms with Gasteiger partial charge in [-0.2, -0.15) is 0 Å². The number of hydrogen-bond acceptors (Lipinski definition) is 5. The van der Waals surface area contributed by atoms with E-state index in [4.69, 9.17) is 4.74 Å². The van der Waals surface area contributed by atoms with Crippen molar-refractivity contribution in [2.75, 3.05) is 18.4 Å². The van der Waals surface area contributed by atoms with Gasteiger partial charge in [0.2, 0.25) is 0 Å². The van der Waals surface area contributed by atoms with Gasteiger partial charge in [0, 0.05) is 24.3 Å². The largest absolute Gasteiger partial charge is 0.372 e. The number of morpholine rings is 1. The Balaban J connectivity index is 1.40.